The molecule has 1 unspecified atom stereocenters. The van der Waals surface area contributed by atoms with Gasteiger partial charge in [0.2, 0.25) is 5.91 Å². The number of hydrogen-bond acceptors (Lipinski definition) is 2. The topological polar surface area (TPSA) is 55.1 Å². The fourth-order valence-corrected chi connectivity index (χ4v) is 1.72. The van der Waals surface area contributed by atoms with E-state index in [-0.39, 0.29) is 11.9 Å². The van der Waals surface area contributed by atoms with Gasteiger partial charge in [0.25, 0.3) is 0 Å². The van der Waals surface area contributed by atoms with Crippen molar-refractivity contribution in [2.75, 3.05) is 0 Å². The molecule has 0 saturated heterocycles. The van der Waals surface area contributed by atoms with E-state index in [1.54, 1.807) is 0 Å². The number of benzene rings is 1. The lowest BCUT2D eigenvalue weighted by Gasteiger charge is -2.37. The lowest BCUT2D eigenvalue weighted by molar-refractivity contribution is -0.132. The first-order chi connectivity index (χ1) is 8.64. The Balaban J connectivity index is 2.63. The minimum absolute atomic E-state index is 0.00318. The van der Waals surface area contributed by atoms with E-state index in [1.807, 2.05) is 52.8 Å². The number of carbonyl (C=O) groups is 1. The van der Waals surface area contributed by atoms with Gasteiger partial charge in [-0.25, -0.2) is 0 Å². The van der Waals surface area contributed by atoms with Gasteiger partial charge in [-0.05, 0) is 46.6 Å². The zero-order valence-electron chi connectivity index (χ0n) is 12.7. The summed E-state index contributed by atoms with van der Waals surface area (Å²) in [5.74, 6) is 0.00318. The molecule has 0 fully saturated rings. The van der Waals surface area contributed by atoms with Crippen molar-refractivity contribution in [3.05, 3.63) is 35.9 Å². The summed E-state index contributed by atoms with van der Waals surface area (Å²) in [7, 11) is 0. The van der Waals surface area contributed by atoms with Crippen LogP contribution < -0.4 is 11.1 Å². The Labute approximate surface area is 116 Å². The van der Waals surface area contributed by atoms with Crippen LogP contribution >= 0.6 is 0 Å². The Kier molecular flexibility index (Phi) is 4.75. The van der Waals surface area contributed by atoms with Gasteiger partial charge in [-0.2, -0.15) is 0 Å². The van der Waals surface area contributed by atoms with Crippen molar-refractivity contribution in [2.45, 2.75) is 52.6 Å². The molecule has 3 heteroatoms. The molecule has 0 saturated carbocycles. The zero-order chi connectivity index (χ0) is 14.7. The van der Waals surface area contributed by atoms with Gasteiger partial charge in [0.05, 0.1) is 5.41 Å². The van der Waals surface area contributed by atoms with E-state index in [1.165, 1.54) is 5.56 Å². The van der Waals surface area contributed by atoms with Crippen molar-refractivity contribution in [3.63, 3.8) is 0 Å². The molecule has 1 aromatic rings. The second kappa shape index (κ2) is 5.74. The first-order valence-electron chi connectivity index (χ1n) is 6.78. The SMILES string of the molecule is CC(Cc1ccccc1)NC(=O)C(C)(C)C(C)(C)N. The lowest BCUT2D eigenvalue weighted by atomic mass is 9.74. The molecular weight excluding hydrogens is 236 g/mol. The normalized spacial score (nSPS) is 14.0. The molecule has 1 rings (SSSR count). The molecule has 19 heavy (non-hydrogen) atoms. The maximum atomic E-state index is 12.3. The summed E-state index contributed by atoms with van der Waals surface area (Å²) in [5.41, 5.74) is 6.15. The summed E-state index contributed by atoms with van der Waals surface area (Å²) in [6, 6.07) is 10.2. The number of hydrogen-bond donors (Lipinski definition) is 2. The van der Waals surface area contributed by atoms with Crippen molar-refractivity contribution in [1.82, 2.24) is 5.32 Å². The molecule has 0 aromatic heterocycles. The van der Waals surface area contributed by atoms with Crippen LogP contribution in [0.15, 0.2) is 30.3 Å². The number of rotatable bonds is 5. The van der Waals surface area contributed by atoms with E-state index in [2.05, 4.69) is 17.4 Å². The fourth-order valence-electron chi connectivity index (χ4n) is 1.72. The van der Waals surface area contributed by atoms with Gasteiger partial charge in [0, 0.05) is 11.6 Å². The van der Waals surface area contributed by atoms with Gasteiger partial charge >= 0.3 is 0 Å². The molecule has 0 aliphatic rings. The van der Waals surface area contributed by atoms with E-state index in [0.29, 0.717) is 0 Å². The summed E-state index contributed by atoms with van der Waals surface area (Å²) < 4.78 is 0. The Morgan fingerprint density at radius 2 is 1.74 bits per heavy atom. The minimum Gasteiger partial charge on any atom is -0.353 e. The smallest absolute Gasteiger partial charge is 0.227 e. The third kappa shape index (κ3) is 4.06. The monoisotopic (exact) mass is 262 g/mol. The fraction of sp³-hybridized carbons (Fsp3) is 0.562. The molecule has 0 heterocycles. The lowest BCUT2D eigenvalue weighted by Crippen LogP contribution is -2.56. The highest BCUT2D eigenvalue weighted by Gasteiger charge is 2.40. The molecule has 1 atom stereocenters. The summed E-state index contributed by atoms with van der Waals surface area (Å²) in [5, 5.41) is 3.06. The largest absolute Gasteiger partial charge is 0.353 e. The van der Waals surface area contributed by atoms with Crippen LogP contribution in [0.1, 0.15) is 40.2 Å². The standard InChI is InChI=1S/C16H26N2O/c1-12(11-13-9-7-6-8-10-13)18-14(19)15(2,3)16(4,5)17/h6-10,12H,11,17H2,1-5H3,(H,18,19). The molecule has 106 valence electrons. The molecule has 1 aromatic carbocycles. The van der Waals surface area contributed by atoms with Gasteiger partial charge in [0.15, 0.2) is 0 Å². The summed E-state index contributed by atoms with van der Waals surface area (Å²) in [6.45, 7) is 9.56. The van der Waals surface area contributed by atoms with E-state index in [4.69, 9.17) is 5.73 Å². The highest BCUT2D eigenvalue weighted by Crippen LogP contribution is 2.28. The van der Waals surface area contributed by atoms with Crippen LogP contribution in [0.2, 0.25) is 0 Å². The van der Waals surface area contributed by atoms with Gasteiger partial charge < -0.3 is 11.1 Å². The molecule has 0 bridgehead atoms. The Bertz CT molecular complexity index is 418. The second-order valence-electron chi connectivity index (χ2n) is 6.41. The Hall–Kier alpha value is -1.35. The molecule has 3 nitrogen and oxygen atoms in total. The molecule has 0 aliphatic heterocycles. The molecular formula is C16H26N2O. The molecule has 0 aliphatic carbocycles. The Morgan fingerprint density at radius 3 is 2.21 bits per heavy atom. The first kappa shape index (κ1) is 15.7. The summed E-state index contributed by atoms with van der Waals surface area (Å²) in [4.78, 5) is 12.3. The molecule has 0 radical (unpaired) electrons. The first-order valence-corrected chi connectivity index (χ1v) is 6.78. The molecule has 0 spiro atoms. The van der Waals surface area contributed by atoms with E-state index >= 15 is 0 Å². The number of amides is 1. The van der Waals surface area contributed by atoms with Gasteiger partial charge in [0.1, 0.15) is 0 Å². The van der Waals surface area contributed by atoms with Crippen molar-refractivity contribution in [2.24, 2.45) is 11.1 Å². The summed E-state index contributed by atoms with van der Waals surface area (Å²) in [6.07, 6.45) is 0.827. The zero-order valence-corrected chi connectivity index (χ0v) is 12.7. The quantitative estimate of drug-likeness (QED) is 0.856. The average molecular weight is 262 g/mol. The molecule has 3 N–H and O–H groups in total. The third-order valence-electron chi connectivity index (χ3n) is 3.94. The highest BCUT2D eigenvalue weighted by molar-refractivity contribution is 5.83. The van der Waals surface area contributed by atoms with Gasteiger partial charge in [-0.3, -0.25) is 4.79 Å². The van der Waals surface area contributed by atoms with E-state index < -0.39 is 11.0 Å². The molecule has 1 amide bonds. The van der Waals surface area contributed by atoms with Crippen molar-refractivity contribution < 1.29 is 4.79 Å². The van der Waals surface area contributed by atoms with Gasteiger partial charge in [-0.15, -0.1) is 0 Å². The van der Waals surface area contributed by atoms with Crippen LogP contribution in [0.25, 0.3) is 0 Å². The van der Waals surface area contributed by atoms with Crippen LogP contribution in [0.3, 0.4) is 0 Å². The van der Waals surface area contributed by atoms with Crippen LogP contribution in [-0.4, -0.2) is 17.5 Å². The van der Waals surface area contributed by atoms with Crippen LogP contribution in [0, 0.1) is 5.41 Å². The van der Waals surface area contributed by atoms with Crippen molar-refractivity contribution in [1.29, 1.82) is 0 Å². The summed E-state index contributed by atoms with van der Waals surface area (Å²) >= 11 is 0. The van der Waals surface area contributed by atoms with Crippen molar-refractivity contribution >= 4 is 5.91 Å². The van der Waals surface area contributed by atoms with Crippen LogP contribution in [0.5, 0.6) is 0 Å². The van der Waals surface area contributed by atoms with E-state index in [9.17, 15) is 4.79 Å². The Morgan fingerprint density at radius 1 is 1.21 bits per heavy atom. The number of nitrogens with one attached hydrogen (secondary N) is 1. The predicted octanol–water partition coefficient (Wildman–Crippen LogP) is 2.50. The van der Waals surface area contributed by atoms with Crippen LogP contribution in [-0.2, 0) is 11.2 Å². The van der Waals surface area contributed by atoms with Crippen LogP contribution in [0.4, 0.5) is 0 Å². The second-order valence-corrected chi connectivity index (χ2v) is 6.41. The van der Waals surface area contributed by atoms with E-state index in [0.717, 1.165) is 6.42 Å². The maximum absolute atomic E-state index is 12.3. The maximum Gasteiger partial charge on any atom is 0.227 e. The average Bonchev–Trinajstić information content (AvgIpc) is 2.28. The third-order valence-corrected chi connectivity index (χ3v) is 3.94. The van der Waals surface area contributed by atoms with Gasteiger partial charge in [-0.1, -0.05) is 30.3 Å². The number of nitrogens with two attached hydrogens (primary N) is 1. The minimum atomic E-state index is -0.599. The highest BCUT2D eigenvalue weighted by atomic mass is 16.2. The van der Waals surface area contributed by atoms with Crippen molar-refractivity contribution in [3.8, 4) is 0 Å². The predicted molar refractivity (Wildman–Crippen MR) is 79.8 cm³/mol. The number of carbonyl (C=O) groups excluding carboxylic acids is 1.